The molecule has 1 aliphatic heterocycles. The Morgan fingerprint density at radius 2 is 1.74 bits per heavy atom. The molecule has 1 atom stereocenters. The van der Waals surface area contributed by atoms with Gasteiger partial charge in [-0.1, -0.05) is 49.7 Å². The smallest absolute Gasteiger partial charge is 0.194 e. The lowest BCUT2D eigenvalue weighted by Crippen LogP contribution is -2.24. The van der Waals surface area contributed by atoms with Gasteiger partial charge in [0.15, 0.2) is 8.30 Å². The highest BCUT2D eigenvalue weighted by molar-refractivity contribution is 7.59. The van der Waals surface area contributed by atoms with E-state index in [1.54, 1.807) is 0 Å². The lowest BCUT2D eigenvalue weighted by atomic mass is 10.0. The molecule has 2 nitrogen and oxygen atoms in total. The molecular formula is C16H18NOP. The first-order valence-corrected chi connectivity index (χ1v) is 8.06. The average molecular weight is 271 g/mol. The van der Waals surface area contributed by atoms with E-state index in [4.69, 9.17) is 4.52 Å². The van der Waals surface area contributed by atoms with Crippen molar-refractivity contribution in [2.75, 3.05) is 6.54 Å². The Bertz CT molecular complexity index is 570. The van der Waals surface area contributed by atoms with Crippen LogP contribution in [0.4, 0.5) is 0 Å². The van der Waals surface area contributed by atoms with Crippen molar-refractivity contribution < 1.29 is 4.52 Å². The normalized spacial score (nSPS) is 16.4. The molecule has 3 rings (SSSR count). The van der Waals surface area contributed by atoms with Gasteiger partial charge < -0.3 is 4.52 Å². The molecule has 0 amide bonds. The summed E-state index contributed by atoms with van der Waals surface area (Å²) in [4.78, 5) is 0. The molecule has 0 spiro atoms. The van der Waals surface area contributed by atoms with Crippen LogP contribution in [0.15, 0.2) is 48.5 Å². The SMILES string of the molecule is CCCCNP1Oc2ccccc2-c2ccccc21. The number of fused-ring (bicyclic) bond motifs is 3. The van der Waals surface area contributed by atoms with Crippen molar-refractivity contribution >= 4 is 13.6 Å². The first kappa shape index (κ1) is 12.7. The zero-order chi connectivity index (χ0) is 13.1. The first-order valence-electron chi connectivity index (χ1n) is 6.80. The van der Waals surface area contributed by atoms with E-state index in [1.807, 2.05) is 6.07 Å². The van der Waals surface area contributed by atoms with Crippen molar-refractivity contribution in [1.82, 2.24) is 5.09 Å². The van der Waals surface area contributed by atoms with Gasteiger partial charge in [0.25, 0.3) is 0 Å². The summed E-state index contributed by atoms with van der Waals surface area (Å²) in [5.74, 6) is 0.997. The second kappa shape index (κ2) is 5.73. The summed E-state index contributed by atoms with van der Waals surface area (Å²) in [7, 11) is -0.736. The second-order valence-corrected chi connectivity index (χ2v) is 6.23. The molecule has 0 fully saturated rings. The summed E-state index contributed by atoms with van der Waals surface area (Å²) in [5.41, 5.74) is 2.51. The Labute approximate surface area is 115 Å². The molecule has 2 aromatic carbocycles. The van der Waals surface area contributed by atoms with Gasteiger partial charge in [-0.05, 0) is 24.1 Å². The summed E-state index contributed by atoms with van der Waals surface area (Å²) < 4.78 is 6.16. The minimum absolute atomic E-state index is 0.736. The molecule has 0 bridgehead atoms. The molecule has 0 radical (unpaired) electrons. The van der Waals surface area contributed by atoms with Crippen LogP contribution in [0.1, 0.15) is 19.8 Å². The largest absolute Gasteiger partial charge is 0.453 e. The van der Waals surface area contributed by atoms with Crippen LogP contribution in [0.25, 0.3) is 11.1 Å². The number of para-hydroxylation sites is 1. The van der Waals surface area contributed by atoms with Crippen molar-refractivity contribution in [1.29, 1.82) is 0 Å². The van der Waals surface area contributed by atoms with Crippen LogP contribution in [0.2, 0.25) is 0 Å². The molecule has 19 heavy (non-hydrogen) atoms. The van der Waals surface area contributed by atoms with E-state index in [9.17, 15) is 0 Å². The van der Waals surface area contributed by atoms with Crippen molar-refractivity contribution in [3.05, 3.63) is 48.5 Å². The van der Waals surface area contributed by atoms with Gasteiger partial charge in [0.1, 0.15) is 5.75 Å². The Morgan fingerprint density at radius 3 is 2.58 bits per heavy atom. The molecule has 1 heterocycles. The number of benzene rings is 2. The van der Waals surface area contributed by atoms with Gasteiger partial charge in [-0.2, -0.15) is 0 Å². The van der Waals surface area contributed by atoms with Gasteiger partial charge in [-0.3, -0.25) is 5.09 Å². The zero-order valence-electron chi connectivity index (χ0n) is 11.1. The molecule has 0 aliphatic carbocycles. The maximum Gasteiger partial charge on any atom is 0.194 e. The Morgan fingerprint density at radius 1 is 1.00 bits per heavy atom. The van der Waals surface area contributed by atoms with Crippen molar-refractivity contribution in [2.45, 2.75) is 19.8 Å². The molecule has 1 N–H and O–H groups in total. The van der Waals surface area contributed by atoms with Crippen LogP contribution < -0.4 is 14.9 Å². The third-order valence-electron chi connectivity index (χ3n) is 3.28. The third-order valence-corrected chi connectivity index (χ3v) is 4.99. The van der Waals surface area contributed by atoms with Crippen LogP contribution in [0, 0.1) is 0 Å². The van der Waals surface area contributed by atoms with E-state index in [-0.39, 0.29) is 0 Å². The number of nitrogens with one attached hydrogen (secondary N) is 1. The highest BCUT2D eigenvalue weighted by atomic mass is 31.2. The predicted molar refractivity (Wildman–Crippen MR) is 82.0 cm³/mol. The lowest BCUT2D eigenvalue weighted by molar-refractivity contribution is 0.601. The van der Waals surface area contributed by atoms with Gasteiger partial charge in [-0.15, -0.1) is 0 Å². The van der Waals surface area contributed by atoms with E-state index < -0.39 is 8.30 Å². The van der Waals surface area contributed by atoms with Crippen molar-refractivity contribution in [2.24, 2.45) is 0 Å². The molecule has 1 aliphatic rings. The Balaban J connectivity index is 1.95. The summed E-state index contributed by atoms with van der Waals surface area (Å²) in [5, 5.41) is 4.86. The second-order valence-electron chi connectivity index (χ2n) is 4.66. The molecule has 3 heteroatoms. The summed E-state index contributed by atoms with van der Waals surface area (Å²) in [6.45, 7) is 3.22. The highest BCUT2D eigenvalue weighted by Crippen LogP contribution is 2.45. The Hall–Kier alpha value is -1.37. The number of rotatable bonds is 4. The van der Waals surface area contributed by atoms with E-state index in [2.05, 4.69) is 54.5 Å². The van der Waals surface area contributed by atoms with Gasteiger partial charge in [0, 0.05) is 17.4 Å². The van der Waals surface area contributed by atoms with Crippen molar-refractivity contribution in [3.8, 4) is 16.9 Å². The number of unbranched alkanes of at least 4 members (excludes halogenated alkanes) is 1. The van der Waals surface area contributed by atoms with E-state index in [0.717, 1.165) is 12.3 Å². The molecular weight excluding hydrogens is 253 g/mol. The van der Waals surface area contributed by atoms with E-state index in [0.29, 0.717) is 0 Å². The molecule has 2 aromatic rings. The van der Waals surface area contributed by atoms with Crippen LogP contribution in [-0.4, -0.2) is 6.54 Å². The maximum atomic E-state index is 6.16. The van der Waals surface area contributed by atoms with Gasteiger partial charge in [-0.25, -0.2) is 0 Å². The molecule has 1 unspecified atom stereocenters. The molecule has 0 saturated carbocycles. The monoisotopic (exact) mass is 271 g/mol. The van der Waals surface area contributed by atoms with Gasteiger partial charge in [0.2, 0.25) is 0 Å². The van der Waals surface area contributed by atoms with Crippen LogP contribution in [0.3, 0.4) is 0 Å². The quantitative estimate of drug-likeness (QED) is 0.668. The third kappa shape index (κ3) is 2.51. The van der Waals surface area contributed by atoms with Gasteiger partial charge >= 0.3 is 0 Å². The summed E-state index contributed by atoms with van der Waals surface area (Å²) >= 11 is 0. The standard InChI is InChI=1S/C16H18NOP/c1-2-3-12-17-19-16-11-7-5-9-14(16)13-8-4-6-10-15(13)18-19/h4-11,17H,2-3,12H2,1H3. The zero-order valence-corrected chi connectivity index (χ0v) is 12.0. The van der Waals surface area contributed by atoms with Crippen LogP contribution in [-0.2, 0) is 0 Å². The fourth-order valence-electron chi connectivity index (χ4n) is 2.27. The highest BCUT2D eigenvalue weighted by Gasteiger charge is 2.25. The predicted octanol–water partition coefficient (Wildman–Crippen LogP) is 4.07. The summed E-state index contributed by atoms with van der Waals surface area (Å²) in [6, 6.07) is 16.8. The summed E-state index contributed by atoms with van der Waals surface area (Å²) in [6.07, 6.45) is 2.39. The van der Waals surface area contributed by atoms with E-state index >= 15 is 0 Å². The topological polar surface area (TPSA) is 21.3 Å². The molecule has 0 aromatic heterocycles. The molecule has 0 saturated heterocycles. The number of hydrogen-bond donors (Lipinski definition) is 1. The lowest BCUT2D eigenvalue weighted by Gasteiger charge is -2.28. The molecule has 98 valence electrons. The van der Waals surface area contributed by atoms with Crippen LogP contribution in [0.5, 0.6) is 5.75 Å². The van der Waals surface area contributed by atoms with Gasteiger partial charge in [0.05, 0.1) is 0 Å². The van der Waals surface area contributed by atoms with E-state index in [1.165, 1.54) is 29.3 Å². The average Bonchev–Trinajstić information content (AvgIpc) is 2.47. The number of hydrogen-bond acceptors (Lipinski definition) is 2. The minimum Gasteiger partial charge on any atom is -0.453 e. The van der Waals surface area contributed by atoms with Crippen molar-refractivity contribution in [3.63, 3.8) is 0 Å². The van der Waals surface area contributed by atoms with Crippen LogP contribution >= 0.6 is 8.30 Å². The fourth-order valence-corrected chi connectivity index (χ4v) is 3.96. The fraction of sp³-hybridized carbons (Fsp3) is 0.250. The maximum absolute atomic E-state index is 6.16. The minimum atomic E-state index is -0.736. The Kier molecular flexibility index (Phi) is 3.82. The first-order chi connectivity index (χ1) is 9.40.